The number of nitrogens with one attached hydrogen (secondary N) is 1. The van der Waals surface area contributed by atoms with Crippen LogP contribution in [0.25, 0.3) is 0 Å². The number of aromatic nitrogens is 2. The molecule has 1 N–H and O–H groups in total. The van der Waals surface area contributed by atoms with Gasteiger partial charge in [-0.05, 0) is 23.8 Å². The van der Waals surface area contributed by atoms with Gasteiger partial charge in [0, 0.05) is 51.3 Å². The first-order valence-electron chi connectivity index (χ1n) is 5.98. The second kappa shape index (κ2) is 6.12. The van der Waals surface area contributed by atoms with E-state index in [0.717, 1.165) is 18.9 Å². The van der Waals surface area contributed by atoms with Crippen LogP contribution in [0, 0.1) is 0 Å². The first-order chi connectivity index (χ1) is 8.77. The molecule has 2 aromatic heterocycles. The van der Waals surface area contributed by atoms with Crippen molar-refractivity contribution in [2.45, 2.75) is 13.1 Å². The Morgan fingerprint density at radius 2 is 1.83 bits per heavy atom. The zero-order valence-electron chi connectivity index (χ0n) is 10.8. The Labute approximate surface area is 108 Å². The zero-order valence-corrected chi connectivity index (χ0v) is 10.8. The minimum absolute atomic E-state index is 0.809. The fourth-order valence-corrected chi connectivity index (χ4v) is 1.81. The number of hydrogen-bond donors (Lipinski definition) is 1. The molecule has 0 aliphatic carbocycles. The van der Waals surface area contributed by atoms with Crippen LogP contribution in [-0.4, -0.2) is 24.1 Å². The molecule has 18 heavy (non-hydrogen) atoms. The molecular weight excluding hydrogens is 224 g/mol. The highest BCUT2D eigenvalue weighted by Crippen LogP contribution is 2.13. The highest BCUT2D eigenvalue weighted by atomic mass is 15.1. The van der Waals surface area contributed by atoms with Crippen molar-refractivity contribution in [3.63, 3.8) is 0 Å². The Balaban J connectivity index is 1.94. The van der Waals surface area contributed by atoms with Gasteiger partial charge in [0.1, 0.15) is 5.82 Å². The molecule has 0 aliphatic heterocycles. The van der Waals surface area contributed by atoms with Crippen LogP contribution in [0.3, 0.4) is 0 Å². The number of hydrogen-bond acceptors (Lipinski definition) is 4. The maximum atomic E-state index is 4.38. The molecule has 0 unspecified atom stereocenters. The molecule has 4 nitrogen and oxygen atoms in total. The molecule has 0 radical (unpaired) electrons. The summed E-state index contributed by atoms with van der Waals surface area (Å²) in [7, 11) is 4.02. The summed E-state index contributed by atoms with van der Waals surface area (Å²) in [6.45, 7) is 1.65. The fraction of sp³-hybridized carbons (Fsp3) is 0.286. The molecule has 0 bridgehead atoms. The van der Waals surface area contributed by atoms with E-state index in [1.54, 1.807) is 0 Å². The molecule has 0 atom stereocenters. The average Bonchev–Trinajstić information content (AvgIpc) is 2.40. The molecule has 2 rings (SSSR count). The SMILES string of the molecule is CN(C)c1ncccc1CNCc1ccncc1. The van der Waals surface area contributed by atoms with Crippen LogP contribution in [-0.2, 0) is 13.1 Å². The second-order valence-corrected chi connectivity index (χ2v) is 4.34. The van der Waals surface area contributed by atoms with Crippen molar-refractivity contribution in [3.05, 3.63) is 54.0 Å². The maximum absolute atomic E-state index is 4.38. The molecule has 0 fully saturated rings. The van der Waals surface area contributed by atoms with E-state index in [4.69, 9.17) is 0 Å². The van der Waals surface area contributed by atoms with E-state index in [2.05, 4.69) is 21.4 Å². The third-order valence-electron chi connectivity index (χ3n) is 2.69. The van der Waals surface area contributed by atoms with E-state index in [0.29, 0.717) is 0 Å². The Morgan fingerprint density at radius 1 is 1.06 bits per heavy atom. The van der Waals surface area contributed by atoms with Crippen LogP contribution >= 0.6 is 0 Å². The van der Waals surface area contributed by atoms with Crippen LogP contribution in [0.15, 0.2) is 42.9 Å². The standard InChI is InChI=1S/C14H18N4/c1-18(2)14-13(4-3-7-17-14)11-16-10-12-5-8-15-9-6-12/h3-9,16H,10-11H2,1-2H3. The summed E-state index contributed by atoms with van der Waals surface area (Å²) < 4.78 is 0. The number of pyridine rings is 2. The average molecular weight is 242 g/mol. The number of rotatable bonds is 5. The van der Waals surface area contributed by atoms with Crippen LogP contribution < -0.4 is 10.2 Å². The van der Waals surface area contributed by atoms with E-state index >= 15 is 0 Å². The summed E-state index contributed by atoms with van der Waals surface area (Å²) in [5, 5.41) is 3.42. The van der Waals surface area contributed by atoms with E-state index in [-0.39, 0.29) is 0 Å². The summed E-state index contributed by atoms with van der Waals surface area (Å²) in [4.78, 5) is 10.4. The summed E-state index contributed by atoms with van der Waals surface area (Å²) in [5.41, 5.74) is 2.44. The number of nitrogens with zero attached hydrogens (tertiary/aromatic N) is 3. The van der Waals surface area contributed by atoms with Crippen molar-refractivity contribution in [1.29, 1.82) is 0 Å². The van der Waals surface area contributed by atoms with Gasteiger partial charge in [-0.1, -0.05) is 6.07 Å². The third kappa shape index (κ3) is 3.28. The molecule has 0 saturated heterocycles. The molecule has 0 spiro atoms. The molecule has 4 heteroatoms. The van der Waals surface area contributed by atoms with Gasteiger partial charge in [-0.15, -0.1) is 0 Å². The molecule has 0 amide bonds. The van der Waals surface area contributed by atoms with Gasteiger partial charge >= 0.3 is 0 Å². The van der Waals surface area contributed by atoms with Gasteiger partial charge in [0.15, 0.2) is 0 Å². The van der Waals surface area contributed by atoms with Gasteiger partial charge in [0.05, 0.1) is 0 Å². The predicted molar refractivity (Wildman–Crippen MR) is 73.3 cm³/mol. The largest absolute Gasteiger partial charge is 0.362 e. The lowest BCUT2D eigenvalue weighted by Gasteiger charge is -2.16. The molecular formula is C14H18N4. The Hall–Kier alpha value is -1.94. The fourth-order valence-electron chi connectivity index (χ4n) is 1.81. The topological polar surface area (TPSA) is 41.1 Å². The molecule has 0 aromatic carbocycles. The molecule has 0 aliphatic rings. The Bertz CT molecular complexity index is 482. The molecule has 94 valence electrons. The second-order valence-electron chi connectivity index (χ2n) is 4.34. The zero-order chi connectivity index (χ0) is 12.8. The summed E-state index contributed by atoms with van der Waals surface area (Å²) in [5.74, 6) is 1.01. The van der Waals surface area contributed by atoms with Crippen LogP contribution in [0.2, 0.25) is 0 Å². The summed E-state index contributed by atoms with van der Waals surface area (Å²) in [6.07, 6.45) is 5.44. The third-order valence-corrected chi connectivity index (χ3v) is 2.69. The van der Waals surface area contributed by atoms with Crippen LogP contribution in [0.5, 0.6) is 0 Å². The smallest absolute Gasteiger partial charge is 0.132 e. The Morgan fingerprint density at radius 3 is 2.56 bits per heavy atom. The van der Waals surface area contributed by atoms with Crippen LogP contribution in [0.4, 0.5) is 5.82 Å². The van der Waals surface area contributed by atoms with Gasteiger partial charge < -0.3 is 10.2 Å². The quantitative estimate of drug-likeness (QED) is 0.868. The first kappa shape index (κ1) is 12.5. The van der Waals surface area contributed by atoms with E-state index < -0.39 is 0 Å². The van der Waals surface area contributed by atoms with Gasteiger partial charge in [-0.25, -0.2) is 4.98 Å². The minimum atomic E-state index is 0.809. The first-order valence-corrected chi connectivity index (χ1v) is 5.98. The minimum Gasteiger partial charge on any atom is -0.362 e. The van der Waals surface area contributed by atoms with Crippen molar-refractivity contribution in [2.24, 2.45) is 0 Å². The van der Waals surface area contributed by atoms with Crippen LogP contribution in [0.1, 0.15) is 11.1 Å². The monoisotopic (exact) mass is 242 g/mol. The lowest BCUT2D eigenvalue weighted by Crippen LogP contribution is -2.18. The number of anilines is 1. The molecule has 0 saturated carbocycles. The van der Waals surface area contributed by atoms with Crippen molar-refractivity contribution < 1.29 is 0 Å². The Kier molecular flexibility index (Phi) is 4.25. The van der Waals surface area contributed by atoms with Crippen molar-refractivity contribution in [1.82, 2.24) is 15.3 Å². The van der Waals surface area contributed by atoms with Gasteiger partial charge in [-0.2, -0.15) is 0 Å². The maximum Gasteiger partial charge on any atom is 0.132 e. The van der Waals surface area contributed by atoms with E-state index in [1.165, 1.54) is 11.1 Å². The van der Waals surface area contributed by atoms with Gasteiger partial charge in [-0.3, -0.25) is 4.98 Å². The highest BCUT2D eigenvalue weighted by Gasteiger charge is 2.04. The predicted octanol–water partition coefficient (Wildman–Crippen LogP) is 1.83. The lowest BCUT2D eigenvalue weighted by atomic mass is 10.2. The van der Waals surface area contributed by atoms with Crippen molar-refractivity contribution in [3.8, 4) is 0 Å². The van der Waals surface area contributed by atoms with E-state index in [1.807, 2.05) is 55.8 Å². The summed E-state index contributed by atoms with van der Waals surface area (Å²) in [6, 6.07) is 8.10. The normalized spacial score (nSPS) is 10.3. The van der Waals surface area contributed by atoms with Gasteiger partial charge in [0.25, 0.3) is 0 Å². The van der Waals surface area contributed by atoms with Crippen molar-refractivity contribution in [2.75, 3.05) is 19.0 Å². The van der Waals surface area contributed by atoms with Crippen molar-refractivity contribution >= 4 is 5.82 Å². The molecule has 2 aromatic rings. The summed E-state index contributed by atoms with van der Waals surface area (Å²) >= 11 is 0. The lowest BCUT2D eigenvalue weighted by molar-refractivity contribution is 0.689. The van der Waals surface area contributed by atoms with Gasteiger partial charge in [0.2, 0.25) is 0 Å². The highest BCUT2D eigenvalue weighted by molar-refractivity contribution is 5.45. The molecule has 2 heterocycles. The van der Waals surface area contributed by atoms with E-state index in [9.17, 15) is 0 Å².